The molecule has 27 rings (SSSR count). The zero-order valence-corrected chi connectivity index (χ0v) is 69.5. The predicted molar refractivity (Wildman–Crippen MR) is 545 cm³/mol. The Morgan fingerprint density at radius 1 is 0.246 bits per heavy atom. The molecule has 8 nitrogen and oxygen atoms in total. The van der Waals surface area contributed by atoms with Crippen LogP contribution in [0.25, 0.3) is 239 Å². The maximum absolute atomic E-state index is 9.79. The van der Waals surface area contributed by atoms with Crippen LogP contribution in [0.4, 0.5) is 11.4 Å². The van der Waals surface area contributed by atoms with E-state index in [2.05, 4.69) is 401 Å². The van der Waals surface area contributed by atoms with Crippen LogP contribution in [-0.2, 0) is 0 Å². The molecule has 602 valence electrons. The van der Waals surface area contributed by atoms with Crippen LogP contribution in [0.2, 0.25) is 0 Å². The van der Waals surface area contributed by atoms with E-state index in [0.717, 1.165) is 175 Å². The highest BCUT2D eigenvalue weighted by molar-refractivity contribution is 6.26. The van der Waals surface area contributed by atoms with Gasteiger partial charge in [0.05, 0.1) is 74.4 Å². The second-order valence-electron chi connectivity index (χ2n) is 33.5. The summed E-state index contributed by atoms with van der Waals surface area (Å²) in [4.78, 5) is 23.6. The van der Waals surface area contributed by atoms with Gasteiger partial charge < -0.3 is 9.13 Å². The van der Waals surface area contributed by atoms with Crippen molar-refractivity contribution in [1.29, 1.82) is 5.26 Å². The van der Waals surface area contributed by atoms with Crippen molar-refractivity contribution in [2.24, 2.45) is 0 Å². The van der Waals surface area contributed by atoms with Gasteiger partial charge in [-0.05, 0) is 155 Å². The van der Waals surface area contributed by atoms with Gasteiger partial charge in [-0.25, -0.2) is 24.6 Å². The molecule has 0 aliphatic heterocycles. The Morgan fingerprint density at radius 2 is 0.546 bits per heavy atom. The normalized spacial score (nSPS) is 12.3. The van der Waals surface area contributed by atoms with E-state index < -0.39 is 0 Å². The number of hydrogen-bond acceptors (Lipinski definition) is 4. The molecule has 0 saturated heterocycles. The SMILES string of the molecule is C.N#Cc1ccc2c(c1)-c1cc(-c3c4ccc5ccccc5c4nc4c3ccc3ccccc34)ccc1C2c1ccccc1.[C-]#[N+]c1ccc2c(c1)c1ccc(-c3c4ccc5ccccc5c4nc4c3ccc3ccccc34)cc1n2-c1ccccc1.[C-]#[N+]c1ccc2c3ccc(-c4c5ccc6ccccc6c5nc5c4ccc4ccccc45)cc3n(-c3ccccc3)c2c1. The summed E-state index contributed by atoms with van der Waals surface area (Å²) >= 11 is 0. The minimum atomic E-state index is 0. The van der Waals surface area contributed by atoms with Crippen LogP contribution >= 0.6 is 0 Å². The molecule has 5 aromatic heterocycles. The lowest BCUT2D eigenvalue weighted by Gasteiger charge is -2.17. The first kappa shape index (κ1) is 76.0. The number of hydrogen-bond donors (Lipinski definition) is 0. The Kier molecular flexibility index (Phi) is 17.9. The van der Waals surface area contributed by atoms with Gasteiger partial charge >= 0.3 is 0 Å². The van der Waals surface area contributed by atoms with Crippen LogP contribution in [0.1, 0.15) is 35.6 Å². The molecular weight excluding hydrogens is 1580 g/mol. The molecule has 21 aromatic carbocycles. The van der Waals surface area contributed by atoms with Gasteiger partial charge in [-0.15, -0.1) is 0 Å². The molecule has 0 fully saturated rings. The van der Waals surface area contributed by atoms with Gasteiger partial charge in [-0.1, -0.05) is 353 Å². The molecule has 8 heteroatoms. The lowest BCUT2D eigenvalue weighted by molar-refractivity contribution is 1.01. The fourth-order valence-electron chi connectivity index (χ4n) is 20.8. The number of fused-ring (bicyclic) bond motifs is 27. The molecule has 1 aliphatic carbocycles. The molecule has 0 radical (unpaired) electrons. The number of aromatic nitrogens is 5. The molecule has 0 amide bonds. The highest BCUT2D eigenvalue weighted by Crippen LogP contribution is 2.53. The van der Waals surface area contributed by atoms with E-state index in [0.29, 0.717) is 16.9 Å². The zero-order valence-electron chi connectivity index (χ0n) is 69.5. The largest absolute Gasteiger partial charge is 0.310 e. The molecule has 0 bridgehead atoms. The molecule has 1 unspecified atom stereocenters. The van der Waals surface area contributed by atoms with Gasteiger partial charge in [0.25, 0.3) is 0 Å². The van der Waals surface area contributed by atoms with E-state index in [-0.39, 0.29) is 13.3 Å². The molecule has 1 aliphatic rings. The van der Waals surface area contributed by atoms with Crippen molar-refractivity contribution in [2.45, 2.75) is 13.3 Å². The number of para-hydroxylation sites is 2. The third-order valence-corrected chi connectivity index (χ3v) is 26.6. The summed E-state index contributed by atoms with van der Waals surface area (Å²) in [6, 6.07) is 150. The van der Waals surface area contributed by atoms with Gasteiger partial charge in [0, 0.05) is 120 Å². The lowest BCUT2D eigenvalue weighted by Crippen LogP contribution is -1.99. The fraction of sp³-hybridized carbons (Fsp3) is 0.0164. The van der Waals surface area contributed by atoms with Gasteiger partial charge in [-0.2, -0.15) is 5.26 Å². The van der Waals surface area contributed by atoms with E-state index in [1.54, 1.807) is 0 Å². The van der Waals surface area contributed by atoms with Gasteiger partial charge in [0.1, 0.15) is 0 Å². The van der Waals surface area contributed by atoms with E-state index in [1.807, 2.05) is 42.5 Å². The fourth-order valence-corrected chi connectivity index (χ4v) is 20.8. The minimum absolute atomic E-state index is 0. The van der Waals surface area contributed by atoms with E-state index >= 15 is 0 Å². The van der Waals surface area contributed by atoms with Crippen molar-refractivity contribution < 1.29 is 0 Å². The van der Waals surface area contributed by atoms with Crippen molar-refractivity contribution in [3.63, 3.8) is 0 Å². The van der Waals surface area contributed by atoms with Crippen LogP contribution in [-0.4, -0.2) is 24.1 Å². The molecule has 1 atom stereocenters. The van der Waals surface area contributed by atoms with Gasteiger partial charge in [-0.3, -0.25) is 0 Å². The standard InChI is InChI=1S/C41H24N2.2C40H23N3.CH4/c42-24-25-14-18-32-36(22-25)37-23-29(17-19-33(37)38(32)28-10-2-1-3-11-28)39-34-20-15-26-8-4-6-12-30(26)40(34)43-41-31-13-7-5-9-27(31)16-21-35(39)41;1-41-28-18-22-33-32-19-17-27(23-36(32)43(37(33)24-28)29-11-3-2-4-12-29)38-34-20-15-25-9-5-7-13-30(25)39(34)42-40-31-14-8-6-10-26(31)16-21-35(38)40;1-41-28-18-22-36-35(24-28)32-19-17-27(23-37(32)43(36)29-11-3-2-4-12-29)38-33-20-15-25-9-5-7-13-30(25)39(33)42-40-31-14-8-6-10-26(31)16-21-34(38)40;/h1-23,38H;2*2-24H;1H4. The van der Waals surface area contributed by atoms with E-state index in [9.17, 15) is 5.26 Å². The van der Waals surface area contributed by atoms with Crippen LogP contribution in [0.3, 0.4) is 0 Å². The number of pyridine rings is 3. The second-order valence-corrected chi connectivity index (χ2v) is 33.5. The Morgan fingerprint density at radius 3 is 0.938 bits per heavy atom. The topological polar surface area (TPSA) is 81.0 Å². The molecule has 130 heavy (non-hydrogen) atoms. The molecule has 0 N–H and O–H groups in total. The third-order valence-electron chi connectivity index (χ3n) is 26.6. The molecule has 5 heterocycles. The summed E-state index contributed by atoms with van der Waals surface area (Å²) in [5.74, 6) is 0.131. The van der Waals surface area contributed by atoms with Crippen molar-refractivity contribution in [3.8, 4) is 62.0 Å². The summed E-state index contributed by atoms with van der Waals surface area (Å²) in [5.41, 5.74) is 27.7. The van der Waals surface area contributed by atoms with Crippen LogP contribution < -0.4 is 0 Å². The smallest absolute Gasteiger partial charge is 0.189 e. The predicted octanol–water partition coefficient (Wildman–Crippen LogP) is 33.0. The number of benzene rings is 21. The monoisotopic (exact) mass is 1650 g/mol. The molecule has 26 aromatic rings. The van der Waals surface area contributed by atoms with E-state index in [1.165, 1.54) is 71.3 Å². The maximum Gasteiger partial charge on any atom is 0.189 e. The Bertz CT molecular complexity index is 8950. The van der Waals surface area contributed by atoms with Crippen molar-refractivity contribution in [2.75, 3.05) is 0 Å². The number of nitrogens with zero attached hydrogens (tertiary/aromatic N) is 8. The van der Waals surface area contributed by atoms with Crippen LogP contribution in [0.15, 0.2) is 419 Å². The highest BCUT2D eigenvalue weighted by Gasteiger charge is 2.32. The second kappa shape index (κ2) is 30.6. The highest BCUT2D eigenvalue weighted by atomic mass is 15.0. The maximum atomic E-state index is 9.79. The van der Waals surface area contributed by atoms with Crippen LogP contribution in [0, 0.1) is 24.5 Å². The summed E-state index contributed by atoms with van der Waals surface area (Å²) in [6.45, 7) is 15.3. The summed E-state index contributed by atoms with van der Waals surface area (Å²) < 4.78 is 4.61. The summed E-state index contributed by atoms with van der Waals surface area (Å²) in [7, 11) is 0. The zero-order chi connectivity index (χ0) is 85.5. The third kappa shape index (κ3) is 12.1. The minimum Gasteiger partial charge on any atom is -0.310 e. The Balaban J connectivity index is 0.000000108. The summed E-state index contributed by atoms with van der Waals surface area (Å²) in [5, 5.41) is 35.2. The first-order chi connectivity index (χ1) is 63.8. The van der Waals surface area contributed by atoms with Crippen molar-refractivity contribution >= 4 is 185 Å². The van der Waals surface area contributed by atoms with Crippen molar-refractivity contribution in [1.82, 2.24) is 24.1 Å². The van der Waals surface area contributed by atoms with Crippen molar-refractivity contribution in [3.05, 3.63) is 464 Å². The Hall–Kier alpha value is -17.7. The molecular formula is C122H74N8. The average Bonchev–Trinajstić information content (AvgIpc) is 1.31. The lowest BCUT2D eigenvalue weighted by atomic mass is 9.87. The average molecular weight is 1650 g/mol. The van der Waals surface area contributed by atoms with E-state index in [4.69, 9.17) is 28.1 Å². The summed E-state index contributed by atoms with van der Waals surface area (Å²) in [6.07, 6.45) is 0. The molecule has 0 saturated carbocycles. The number of nitriles is 1. The first-order valence-corrected chi connectivity index (χ1v) is 43.5. The van der Waals surface area contributed by atoms with Gasteiger partial charge in [0.2, 0.25) is 0 Å². The van der Waals surface area contributed by atoms with Crippen LogP contribution in [0.5, 0.6) is 0 Å². The number of rotatable bonds is 6. The van der Waals surface area contributed by atoms with Gasteiger partial charge in [0.15, 0.2) is 11.4 Å². The first-order valence-electron chi connectivity index (χ1n) is 43.5. The quantitative estimate of drug-likeness (QED) is 0.0944. The Labute approximate surface area is 748 Å². The molecule has 0 spiro atoms.